The Labute approximate surface area is 58.7 Å². The van der Waals surface area contributed by atoms with Gasteiger partial charge in [0, 0.05) is 6.42 Å². The van der Waals surface area contributed by atoms with Crippen molar-refractivity contribution in [1.29, 1.82) is 0 Å². The van der Waals surface area contributed by atoms with Crippen molar-refractivity contribution in [2.75, 3.05) is 6.61 Å². The average Bonchev–Trinajstić information content (AvgIpc) is 1.88. The highest BCUT2D eigenvalue weighted by Crippen LogP contribution is 2.13. The van der Waals surface area contributed by atoms with Crippen LogP contribution >= 0.6 is 0 Å². The highest BCUT2D eigenvalue weighted by Gasteiger charge is 2.17. The molecular weight excluding hydrogens is 136 g/mol. The minimum Gasteiger partial charge on any atom is -0.402 e. The number of hydrogen-bond donors (Lipinski definition) is 0. The van der Waals surface area contributed by atoms with Crippen LogP contribution in [-0.4, -0.2) is 19.1 Å². The molecule has 4 nitrogen and oxygen atoms in total. The second-order valence-corrected chi connectivity index (χ2v) is 2.16. The van der Waals surface area contributed by atoms with Crippen molar-refractivity contribution < 1.29 is 19.4 Å². The van der Waals surface area contributed by atoms with Gasteiger partial charge in [0.2, 0.25) is 6.29 Å². The van der Waals surface area contributed by atoms with Gasteiger partial charge in [-0.15, -0.1) is 0 Å². The van der Waals surface area contributed by atoms with Crippen LogP contribution in [0.1, 0.15) is 19.3 Å². The summed E-state index contributed by atoms with van der Waals surface area (Å²) in [6.07, 6.45) is 0.490. The van der Waals surface area contributed by atoms with Gasteiger partial charge in [0.05, 0.1) is 6.61 Å². The third kappa shape index (κ3) is 2.23. The molecule has 0 amide bonds. The van der Waals surface area contributed by atoms with Gasteiger partial charge >= 0.3 is 6.16 Å². The highest BCUT2D eigenvalue weighted by atomic mass is 16.8. The number of carbonyl (C=O) groups excluding carboxylic acids is 1. The summed E-state index contributed by atoms with van der Waals surface area (Å²) in [6, 6.07) is 0. The first kappa shape index (κ1) is 7.34. The van der Waals surface area contributed by atoms with Crippen LogP contribution in [0.25, 0.3) is 0 Å². The minimum atomic E-state index is -1.51. The predicted octanol–water partition coefficient (Wildman–Crippen LogP) is 1.08. The Bertz CT molecular complexity index is 117. The fraction of sp³-hybridized carbons (Fsp3) is 0.833. The predicted molar refractivity (Wildman–Crippen MR) is 30.8 cm³/mol. The lowest BCUT2D eigenvalue weighted by molar-refractivity contribution is -0.141. The molecule has 1 atom stereocenters. The molecule has 4 heteroatoms. The third-order valence-electron chi connectivity index (χ3n) is 1.37. The molecule has 0 aromatic heterocycles. The van der Waals surface area contributed by atoms with Crippen LogP contribution in [0.3, 0.4) is 0 Å². The Morgan fingerprint density at radius 3 is 2.80 bits per heavy atom. The number of ether oxygens (including phenoxy) is 2. The smallest absolute Gasteiger partial charge is 0.402 e. The van der Waals surface area contributed by atoms with Crippen LogP contribution in [0.4, 0.5) is 4.79 Å². The molecule has 0 bridgehead atoms. The molecule has 1 fully saturated rings. The van der Waals surface area contributed by atoms with Gasteiger partial charge in [-0.05, 0) is 12.8 Å². The molecule has 1 aliphatic heterocycles. The molecular formula is C6H9O4. The first-order chi connectivity index (χ1) is 4.79. The zero-order chi connectivity index (χ0) is 7.40. The van der Waals surface area contributed by atoms with E-state index in [1.54, 1.807) is 0 Å². The van der Waals surface area contributed by atoms with E-state index < -0.39 is 12.4 Å². The molecule has 0 aromatic carbocycles. The summed E-state index contributed by atoms with van der Waals surface area (Å²) in [5, 5.41) is 9.85. The van der Waals surface area contributed by atoms with Crippen molar-refractivity contribution in [1.82, 2.24) is 0 Å². The minimum absolute atomic E-state index is 0.581. The summed E-state index contributed by atoms with van der Waals surface area (Å²) in [6.45, 7) is 0.581. The molecule has 0 aromatic rings. The van der Waals surface area contributed by atoms with Gasteiger partial charge in [-0.25, -0.2) is 0 Å². The molecule has 1 radical (unpaired) electrons. The molecule has 57 valence electrons. The molecule has 0 N–H and O–H groups in total. The maximum absolute atomic E-state index is 9.85. The molecule has 0 spiro atoms. The van der Waals surface area contributed by atoms with Crippen molar-refractivity contribution in [2.24, 2.45) is 0 Å². The van der Waals surface area contributed by atoms with Crippen LogP contribution in [0.15, 0.2) is 0 Å². The van der Waals surface area contributed by atoms with Gasteiger partial charge in [-0.3, -0.25) is 0 Å². The zero-order valence-corrected chi connectivity index (χ0v) is 5.54. The maximum atomic E-state index is 9.85. The molecule has 0 aliphatic carbocycles. The maximum Gasteiger partial charge on any atom is 0.552 e. The van der Waals surface area contributed by atoms with E-state index in [1.165, 1.54) is 0 Å². The van der Waals surface area contributed by atoms with E-state index in [2.05, 4.69) is 4.74 Å². The fourth-order valence-electron chi connectivity index (χ4n) is 0.911. The molecule has 1 heterocycles. The van der Waals surface area contributed by atoms with Crippen molar-refractivity contribution >= 4 is 6.16 Å². The van der Waals surface area contributed by atoms with Gasteiger partial charge < -0.3 is 9.47 Å². The van der Waals surface area contributed by atoms with Gasteiger partial charge in [0.1, 0.15) is 0 Å². The first-order valence-electron chi connectivity index (χ1n) is 3.28. The summed E-state index contributed by atoms with van der Waals surface area (Å²) in [4.78, 5) is 9.85. The Hall–Kier alpha value is -0.770. The number of hydrogen-bond acceptors (Lipinski definition) is 3. The quantitative estimate of drug-likeness (QED) is 0.519. The Balaban J connectivity index is 2.19. The normalized spacial score (nSPS) is 25.8. The van der Waals surface area contributed by atoms with E-state index in [9.17, 15) is 9.90 Å². The third-order valence-corrected chi connectivity index (χ3v) is 1.37. The van der Waals surface area contributed by atoms with Crippen LogP contribution in [-0.2, 0) is 14.6 Å². The van der Waals surface area contributed by atoms with E-state index in [0.29, 0.717) is 13.0 Å². The van der Waals surface area contributed by atoms with E-state index in [4.69, 9.17) is 4.74 Å². The number of rotatable bonds is 1. The highest BCUT2D eigenvalue weighted by molar-refractivity contribution is 5.56. The van der Waals surface area contributed by atoms with Crippen molar-refractivity contribution in [2.45, 2.75) is 25.6 Å². The van der Waals surface area contributed by atoms with E-state index in [1.807, 2.05) is 0 Å². The van der Waals surface area contributed by atoms with E-state index >= 15 is 0 Å². The topological polar surface area (TPSA) is 55.4 Å². The summed E-state index contributed by atoms with van der Waals surface area (Å²) < 4.78 is 9.22. The second-order valence-electron chi connectivity index (χ2n) is 2.16. The second kappa shape index (κ2) is 3.41. The largest absolute Gasteiger partial charge is 0.552 e. The molecule has 1 saturated heterocycles. The van der Waals surface area contributed by atoms with E-state index in [-0.39, 0.29) is 0 Å². The number of carbonyl (C=O) groups is 1. The fourth-order valence-corrected chi connectivity index (χ4v) is 0.911. The van der Waals surface area contributed by atoms with Crippen molar-refractivity contribution in [3.63, 3.8) is 0 Å². The Morgan fingerprint density at radius 2 is 2.30 bits per heavy atom. The molecule has 1 rings (SSSR count). The first-order valence-corrected chi connectivity index (χ1v) is 3.28. The van der Waals surface area contributed by atoms with Gasteiger partial charge in [-0.2, -0.15) is 9.90 Å². The van der Waals surface area contributed by atoms with Crippen molar-refractivity contribution in [3.8, 4) is 0 Å². The average molecular weight is 145 g/mol. The summed E-state index contributed by atoms with van der Waals surface area (Å²) in [5.74, 6) is 0. The van der Waals surface area contributed by atoms with Crippen LogP contribution < -0.4 is 0 Å². The molecule has 1 unspecified atom stereocenters. The van der Waals surface area contributed by atoms with Gasteiger partial charge in [-0.1, -0.05) is 0 Å². The standard InChI is InChI=1S/C6H9O4/c7-6(8)10-5-3-1-2-4-9-5/h5H,1-4H2. The van der Waals surface area contributed by atoms with E-state index in [0.717, 1.165) is 12.8 Å². The SMILES string of the molecule is [O]C(=O)OC1CCCCO1. The summed E-state index contributed by atoms with van der Waals surface area (Å²) in [5.41, 5.74) is 0. The van der Waals surface area contributed by atoms with Gasteiger partial charge in [0.15, 0.2) is 0 Å². The lowest BCUT2D eigenvalue weighted by Crippen LogP contribution is -2.23. The Morgan fingerprint density at radius 1 is 1.50 bits per heavy atom. The monoisotopic (exact) mass is 145 g/mol. The van der Waals surface area contributed by atoms with Crippen LogP contribution in [0.2, 0.25) is 0 Å². The lowest BCUT2D eigenvalue weighted by Gasteiger charge is -2.19. The molecule has 1 aliphatic rings. The molecule has 10 heavy (non-hydrogen) atoms. The van der Waals surface area contributed by atoms with Crippen LogP contribution in [0.5, 0.6) is 0 Å². The van der Waals surface area contributed by atoms with Gasteiger partial charge in [0.25, 0.3) is 0 Å². The summed E-state index contributed by atoms with van der Waals surface area (Å²) in [7, 11) is 0. The zero-order valence-electron chi connectivity index (χ0n) is 5.54. The summed E-state index contributed by atoms with van der Waals surface area (Å²) >= 11 is 0. The van der Waals surface area contributed by atoms with Crippen LogP contribution in [0, 0.1) is 0 Å². The lowest BCUT2D eigenvalue weighted by atomic mass is 10.2. The molecule has 0 saturated carbocycles. The Kier molecular flexibility index (Phi) is 2.50. The van der Waals surface area contributed by atoms with Crippen molar-refractivity contribution in [3.05, 3.63) is 0 Å².